The fourth-order valence-electron chi connectivity index (χ4n) is 2.57. The molecule has 7 heteroatoms. The SMILES string of the molecule is C=CCn1c(C2CC2)nnc1S(=O)(=O)CC1CCCO1. The topological polar surface area (TPSA) is 74.1 Å². The highest BCUT2D eigenvalue weighted by molar-refractivity contribution is 7.91. The Morgan fingerprint density at radius 3 is 2.75 bits per heavy atom. The maximum absolute atomic E-state index is 12.5. The third kappa shape index (κ3) is 2.64. The molecule has 0 amide bonds. The summed E-state index contributed by atoms with van der Waals surface area (Å²) in [6.45, 7) is 4.76. The molecule has 1 aliphatic carbocycles. The van der Waals surface area contributed by atoms with E-state index in [1.54, 1.807) is 10.6 Å². The van der Waals surface area contributed by atoms with Crippen LogP contribution < -0.4 is 0 Å². The minimum Gasteiger partial charge on any atom is -0.377 e. The van der Waals surface area contributed by atoms with Gasteiger partial charge in [0.25, 0.3) is 0 Å². The van der Waals surface area contributed by atoms with Crippen molar-refractivity contribution in [2.75, 3.05) is 12.4 Å². The lowest BCUT2D eigenvalue weighted by molar-refractivity contribution is 0.127. The van der Waals surface area contributed by atoms with Crippen molar-refractivity contribution in [2.45, 2.75) is 49.4 Å². The predicted octanol–water partition coefficient (Wildman–Crippen LogP) is 1.29. The summed E-state index contributed by atoms with van der Waals surface area (Å²) < 4.78 is 32.1. The van der Waals surface area contributed by atoms with Gasteiger partial charge < -0.3 is 4.74 Å². The van der Waals surface area contributed by atoms with Gasteiger partial charge in [0.15, 0.2) is 0 Å². The van der Waals surface area contributed by atoms with Gasteiger partial charge in [0, 0.05) is 19.1 Å². The lowest BCUT2D eigenvalue weighted by Gasteiger charge is -2.11. The first-order valence-electron chi connectivity index (χ1n) is 7.00. The highest BCUT2D eigenvalue weighted by Gasteiger charge is 2.34. The Bertz CT molecular complexity index is 598. The van der Waals surface area contributed by atoms with Crippen LogP contribution in [0.4, 0.5) is 0 Å². The lowest BCUT2D eigenvalue weighted by Crippen LogP contribution is -2.23. The van der Waals surface area contributed by atoms with Crippen LogP contribution >= 0.6 is 0 Å². The van der Waals surface area contributed by atoms with Gasteiger partial charge in [-0.15, -0.1) is 16.8 Å². The molecule has 1 aromatic heterocycles. The Kier molecular flexibility index (Phi) is 3.64. The quantitative estimate of drug-likeness (QED) is 0.740. The minimum atomic E-state index is -3.46. The lowest BCUT2D eigenvalue weighted by atomic mass is 10.3. The molecule has 0 radical (unpaired) electrons. The van der Waals surface area contributed by atoms with E-state index in [9.17, 15) is 8.42 Å². The standard InChI is InChI=1S/C13H19N3O3S/c1-2-7-16-12(10-5-6-10)14-15-13(16)20(17,18)9-11-4-3-8-19-11/h2,10-11H,1,3-9H2. The maximum atomic E-state index is 12.5. The van der Waals surface area contributed by atoms with Crippen molar-refractivity contribution in [1.82, 2.24) is 14.8 Å². The number of ether oxygens (including phenoxy) is 1. The second kappa shape index (κ2) is 5.29. The smallest absolute Gasteiger partial charge is 0.250 e. The zero-order valence-electron chi connectivity index (χ0n) is 11.4. The van der Waals surface area contributed by atoms with Crippen LogP contribution in [0.2, 0.25) is 0 Å². The zero-order valence-corrected chi connectivity index (χ0v) is 12.2. The molecule has 1 aromatic rings. The van der Waals surface area contributed by atoms with Crippen LogP contribution in [0.5, 0.6) is 0 Å². The average Bonchev–Trinajstić information content (AvgIpc) is 2.95. The highest BCUT2D eigenvalue weighted by atomic mass is 32.2. The molecule has 1 saturated heterocycles. The molecule has 6 nitrogen and oxygen atoms in total. The Morgan fingerprint density at radius 2 is 2.15 bits per heavy atom. The van der Waals surface area contributed by atoms with E-state index in [0.717, 1.165) is 31.5 Å². The van der Waals surface area contributed by atoms with E-state index in [1.807, 2.05) is 0 Å². The van der Waals surface area contributed by atoms with Crippen molar-refractivity contribution in [3.63, 3.8) is 0 Å². The number of hydrogen-bond acceptors (Lipinski definition) is 5. The fraction of sp³-hybridized carbons (Fsp3) is 0.692. The van der Waals surface area contributed by atoms with E-state index in [4.69, 9.17) is 4.74 Å². The van der Waals surface area contributed by atoms with E-state index >= 15 is 0 Å². The largest absolute Gasteiger partial charge is 0.377 e. The molecule has 20 heavy (non-hydrogen) atoms. The first-order chi connectivity index (χ1) is 9.62. The summed E-state index contributed by atoms with van der Waals surface area (Å²) in [6.07, 6.45) is 5.30. The number of aromatic nitrogens is 3. The van der Waals surface area contributed by atoms with E-state index in [2.05, 4.69) is 16.8 Å². The molecule has 2 heterocycles. The molecule has 3 rings (SSSR count). The summed E-state index contributed by atoms with van der Waals surface area (Å²) >= 11 is 0. The van der Waals surface area contributed by atoms with Crippen molar-refractivity contribution in [2.24, 2.45) is 0 Å². The number of rotatable bonds is 6. The third-order valence-electron chi connectivity index (χ3n) is 3.71. The maximum Gasteiger partial charge on any atom is 0.250 e. The summed E-state index contributed by atoms with van der Waals surface area (Å²) in [7, 11) is -3.46. The molecule has 1 atom stereocenters. The van der Waals surface area contributed by atoms with E-state index in [1.165, 1.54) is 0 Å². The summed E-state index contributed by atoms with van der Waals surface area (Å²) in [4.78, 5) is 0. The Balaban J connectivity index is 1.89. The van der Waals surface area contributed by atoms with Crippen LogP contribution in [0.1, 0.15) is 37.4 Å². The van der Waals surface area contributed by atoms with Crippen molar-refractivity contribution in [1.29, 1.82) is 0 Å². The van der Waals surface area contributed by atoms with Crippen molar-refractivity contribution in [3.05, 3.63) is 18.5 Å². The van der Waals surface area contributed by atoms with Gasteiger partial charge in [0.05, 0.1) is 11.9 Å². The molecule has 1 unspecified atom stereocenters. The molecule has 0 spiro atoms. The monoisotopic (exact) mass is 297 g/mol. The van der Waals surface area contributed by atoms with Gasteiger partial charge in [-0.05, 0) is 25.7 Å². The second-order valence-corrected chi connectivity index (χ2v) is 7.36. The van der Waals surface area contributed by atoms with Gasteiger partial charge >= 0.3 is 0 Å². The van der Waals surface area contributed by atoms with E-state index in [-0.39, 0.29) is 17.0 Å². The third-order valence-corrected chi connectivity index (χ3v) is 5.38. The van der Waals surface area contributed by atoms with Gasteiger partial charge in [-0.3, -0.25) is 4.57 Å². The number of allylic oxidation sites excluding steroid dienone is 1. The Labute approximate surface area is 118 Å². The van der Waals surface area contributed by atoms with Crippen LogP contribution in [-0.2, 0) is 21.1 Å². The predicted molar refractivity (Wildman–Crippen MR) is 73.2 cm³/mol. The van der Waals surface area contributed by atoms with Crippen molar-refractivity contribution in [3.8, 4) is 0 Å². The Hall–Kier alpha value is -1.21. The molecule has 1 aliphatic heterocycles. The molecule has 0 aromatic carbocycles. The van der Waals surface area contributed by atoms with Gasteiger partial charge in [-0.2, -0.15) is 0 Å². The summed E-state index contributed by atoms with van der Waals surface area (Å²) in [5, 5.41) is 8.08. The fourth-order valence-corrected chi connectivity index (χ4v) is 4.14. The van der Waals surface area contributed by atoms with Crippen LogP contribution in [0.25, 0.3) is 0 Å². The number of nitrogens with zero attached hydrogens (tertiary/aromatic N) is 3. The van der Waals surface area contributed by atoms with Crippen molar-refractivity contribution < 1.29 is 13.2 Å². The number of sulfone groups is 1. The Morgan fingerprint density at radius 1 is 1.35 bits per heavy atom. The first-order valence-corrected chi connectivity index (χ1v) is 8.65. The van der Waals surface area contributed by atoms with Crippen LogP contribution in [-0.4, -0.2) is 41.6 Å². The van der Waals surface area contributed by atoms with Gasteiger partial charge in [-0.25, -0.2) is 8.42 Å². The highest BCUT2D eigenvalue weighted by Crippen LogP contribution is 2.39. The van der Waals surface area contributed by atoms with Gasteiger partial charge in [0.1, 0.15) is 5.82 Å². The minimum absolute atomic E-state index is 0.00700. The second-order valence-electron chi connectivity index (χ2n) is 5.43. The number of hydrogen-bond donors (Lipinski definition) is 0. The summed E-state index contributed by atoms with van der Waals surface area (Å²) in [6, 6.07) is 0. The average molecular weight is 297 g/mol. The van der Waals surface area contributed by atoms with Gasteiger partial charge in [-0.1, -0.05) is 6.08 Å². The van der Waals surface area contributed by atoms with Crippen LogP contribution in [0.15, 0.2) is 17.8 Å². The molecule has 110 valence electrons. The van der Waals surface area contributed by atoms with Crippen molar-refractivity contribution >= 4 is 9.84 Å². The van der Waals surface area contributed by atoms with E-state index < -0.39 is 9.84 Å². The molecule has 2 fully saturated rings. The molecular formula is C13H19N3O3S. The van der Waals surface area contributed by atoms with Gasteiger partial charge in [0.2, 0.25) is 15.0 Å². The molecule has 0 N–H and O–H groups in total. The first kappa shape index (κ1) is 13.8. The van der Waals surface area contributed by atoms with Crippen LogP contribution in [0, 0.1) is 0 Å². The van der Waals surface area contributed by atoms with Crippen LogP contribution in [0.3, 0.4) is 0 Å². The normalized spacial score (nSPS) is 23.1. The summed E-state index contributed by atoms with van der Waals surface area (Å²) in [5.41, 5.74) is 0. The molecule has 1 saturated carbocycles. The molecule has 0 bridgehead atoms. The van der Waals surface area contributed by atoms with E-state index in [0.29, 0.717) is 19.1 Å². The zero-order chi connectivity index (χ0) is 14.2. The molecular weight excluding hydrogens is 278 g/mol. The summed E-state index contributed by atoms with van der Waals surface area (Å²) in [5.74, 6) is 1.12. The molecule has 2 aliphatic rings.